The molecule has 2 rings (SSSR count). The first-order valence-electron chi connectivity index (χ1n) is 5.98. The van der Waals surface area contributed by atoms with E-state index in [1.807, 2.05) is 12.1 Å². The number of nitrogens with two attached hydrogens (primary N) is 1. The van der Waals surface area contributed by atoms with Gasteiger partial charge in [0.2, 0.25) is 5.91 Å². The van der Waals surface area contributed by atoms with Crippen LogP contribution in [0, 0.1) is 5.92 Å². The number of ether oxygens (including phenoxy) is 1. The summed E-state index contributed by atoms with van der Waals surface area (Å²) < 4.78 is 6.01. The Kier molecular flexibility index (Phi) is 4.24. The van der Waals surface area contributed by atoms with E-state index in [9.17, 15) is 4.79 Å². The number of carbonyl (C=O) groups is 1. The molecule has 0 aromatic heterocycles. The van der Waals surface area contributed by atoms with Crippen molar-refractivity contribution in [3.63, 3.8) is 0 Å². The van der Waals surface area contributed by atoms with Gasteiger partial charge in [-0.3, -0.25) is 4.79 Å². The van der Waals surface area contributed by atoms with Crippen LogP contribution in [0.1, 0.15) is 19.3 Å². The van der Waals surface area contributed by atoms with Crippen molar-refractivity contribution in [1.29, 1.82) is 0 Å². The normalized spacial score (nSPS) is 16.2. The van der Waals surface area contributed by atoms with Crippen molar-refractivity contribution in [3.8, 4) is 5.75 Å². The van der Waals surface area contributed by atoms with E-state index >= 15 is 0 Å². The fourth-order valence-corrected chi connectivity index (χ4v) is 2.34. The lowest BCUT2D eigenvalue weighted by atomic mass is 10.1. The maximum Gasteiger partial charge on any atom is 0.225 e. The number of nitrogens with one attached hydrogen (secondary N) is 1. The third-order valence-electron chi connectivity index (χ3n) is 3.04. The molecular formula is C13H17BrN2O2. The number of hydrogen-bond acceptors (Lipinski definition) is 3. The van der Waals surface area contributed by atoms with E-state index < -0.39 is 0 Å². The Balaban J connectivity index is 1.95. The zero-order valence-corrected chi connectivity index (χ0v) is 11.9. The maximum atomic E-state index is 11.8. The molecule has 1 aromatic carbocycles. The first kappa shape index (κ1) is 13.4. The molecule has 18 heavy (non-hydrogen) atoms. The van der Waals surface area contributed by atoms with E-state index in [-0.39, 0.29) is 11.9 Å². The molecule has 1 aliphatic carbocycles. The number of methoxy groups -OCH3 is 1. The van der Waals surface area contributed by atoms with Gasteiger partial charge in [-0.25, -0.2) is 0 Å². The van der Waals surface area contributed by atoms with Gasteiger partial charge in [-0.05, 0) is 30.9 Å². The number of halogens is 1. The van der Waals surface area contributed by atoms with Crippen LogP contribution in [0.15, 0.2) is 22.7 Å². The summed E-state index contributed by atoms with van der Waals surface area (Å²) in [5.41, 5.74) is 6.64. The lowest BCUT2D eigenvalue weighted by molar-refractivity contribution is -0.116. The Morgan fingerprint density at radius 3 is 2.89 bits per heavy atom. The summed E-state index contributed by atoms with van der Waals surface area (Å²) in [5.74, 6) is 1.19. The standard InChI is InChI=1S/C13H17BrN2O2/c1-18-11-5-9(14)4-10(6-11)16-13(17)7-12(15)8-2-3-8/h4-6,8,12H,2-3,7,15H2,1H3,(H,16,17). The van der Waals surface area contributed by atoms with Crippen LogP contribution in [0.5, 0.6) is 5.75 Å². The Labute approximate surface area is 115 Å². The Bertz CT molecular complexity index is 447. The number of carbonyl (C=O) groups excluding carboxylic acids is 1. The van der Waals surface area contributed by atoms with Gasteiger partial charge < -0.3 is 15.8 Å². The Morgan fingerprint density at radius 1 is 1.56 bits per heavy atom. The molecule has 1 fully saturated rings. The van der Waals surface area contributed by atoms with Crippen LogP contribution in [0.2, 0.25) is 0 Å². The molecule has 0 radical (unpaired) electrons. The van der Waals surface area contributed by atoms with Gasteiger partial charge in [-0.15, -0.1) is 0 Å². The van der Waals surface area contributed by atoms with Crippen LogP contribution in [0.3, 0.4) is 0 Å². The van der Waals surface area contributed by atoms with Crippen LogP contribution in [-0.4, -0.2) is 19.1 Å². The molecule has 1 atom stereocenters. The second-order valence-electron chi connectivity index (χ2n) is 4.63. The summed E-state index contributed by atoms with van der Waals surface area (Å²) >= 11 is 3.37. The smallest absolute Gasteiger partial charge is 0.225 e. The topological polar surface area (TPSA) is 64.3 Å². The number of anilines is 1. The highest BCUT2D eigenvalue weighted by atomic mass is 79.9. The molecule has 0 heterocycles. The lowest BCUT2D eigenvalue weighted by Crippen LogP contribution is -2.28. The van der Waals surface area contributed by atoms with Crippen LogP contribution < -0.4 is 15.8 Å². The highest BCUT2D eigenvalue weighted by Crippen LogP contribution is 2.33. The number of hydrogen-bond donors (Lipinski definition) is 2. The molecule has 5 heteroatoms. The van der Waals surface area contributed by atoms with Gasteiger partial charge in [0.15, 0.2) is 0 Å². The molecule has 98 valence electrons. The van der Waals surface area contributed by atoms with E-state index in [4.69, 9.17) is 10.5 Å². The quantitative estimate of drug-likeness (QED) is 0.878. The van der Waals surface area contributed by atoms with Crippen molar-refractivity contribution >= 4 is 27.5 Å². The SMILES string of the molecule is COc1cc(Br)cc(NC(=O)CC(N)C2CC2)c1. The molecule has 0 saturated heterocycles. The summed E-state index contributed by atoms with van der Waals surface area (Å²) in [6, 6.07) is 5.44. The monoisotopic (exact) mass is 312 g/mol. The third-order valence-corrected chi connectivity index (χ3v) is 3.50. The van der Waals surface area contributed by atoms with Gasteiger partial charge in [0.1, 0.15) is 5.75 Å². The van der Waals surface area contributed by atoms with Crippen molar-refractivity contribution in [2.75, 3.05) is 12.4 Å². The Hall–Kier alpha value is -1.07. The van der Waals surface area contributed by atoms with Gasteiger partial charge in [0, 0.05) is 28.7 Å². The molecule has 3 N–H and O–H groups in total. The first-order valence-corrected chi connectivity index (χ1v) is 6.78. The van der Waals surface area contributed by atoms with Gasteiger partial charge in [-0.2, -0.15) is 0 Å². The molecule has 0 spiro atoms. The Morgan fingerprint density at radius 2 is 2.28 bits per heavy atom. The number of amides is 1. The fourth-order valence-electron chi connectivity index (χ4n) is 1.87. The van der Waals surface area contributed by atoms with Gasteiger partial charge >= 0.3 is 0 Å². The fraction of sp³-hybridized carbons (Fsp3) is 0.462. The highest BCUT2D eigenvalue weighted by molar-refractivity contribution is 9.10. The summed E-state index contributed by atoms with van der Waals surface area (Å²) in [6.45, 7) is 0. The minimum atomic E-state index is -0.0467. The predicted octanol–water partition coefficient (Wildman–Crippen LogP) is 2.52. The van der Waals surface area contributed by atoms with Crippen molar-refractivity contribution in [2.24, 2.45) is 11.7 Å². The number of benzene rings is 1. The van der Waals surface area contributed by atoms with Crippen molar-refractivity contribution in [1.82, 2.24) is 0 Å². The van der Waals surface area contributed by atoms with Crippen LogP contribution in [0.4, 0.5) is 5.69 Å². The molecule has 4 nitrogen and oxygen atoms in total. The van der Waals surface area contributed by atoms with Crippen molar-refractivity contribution in [3.05, 3.63) is 22.7 Å². The molecule has 1 saturated carbocycles. The van der Waals surface area contributed by atoms with Crippen LogP contribution >= 0.6 is 15.9 Å². The van der Waals surface area contributed by atoms with Gasteiger partial charge in [0.25, 0.3) is 0 Å². The summed E-state index contributed by atoms with van der Waals surface area (Å²) in [6.07, 6.45) is 2.68. The molecule has 0 aliphatic heterocycles. The van der Waals surface area contributed by atoms with Gasteiger partial charge in [0.05, 0.1) is 7.11 Å². The average Bonchev–Trinajstić information content (AvgIpc) is 3.11. The molecule has 1 amide bonds. The minimum Gasteiger partial charge on any atom is -0.497 e. The zero-order valence-electron chi connectivity index (χ0n) is 10.3. The minimum absolute atomic E-state index is 0.0148. The van der Waals surface area contributed by atoms with E-state index in [1.165, 1.54) is 0 Å². The van der Waals surface area contributed by atoms with E-state index in [1.54, 1.807) is 13.2 Å². The van der Waals surface area contributed by atoms with Gasteiger partial charge in [-0.1, -0.05) is 15.9 Å². The highest BCUT2D eigenvalue weighted by Gasteiger charge is 2.29. The maximum absolute atomic E-state index is 11.8. The second-order valence-corrected chi connectivity index (χ2v) is 5.55. The van der Waals surface area contributed by atoms with E-state index in [2.05, 4.69) is 21.2 Å². The molecule has 1 aliphatic rings. The average molecular weight is 313 g/mol. The largest absolute Gasteiger partial charge is 0.497 e. The second kappa shape index (κ2) is 5.71. The van der Waals surface area contributed by atoms with E-state index in [0.717, 1.165) is 17.3 Å². The third kappa shape index (κ3) is 3.71. The molecule has 1 aromatic rings. The zero-order chi connectivity index (χ0) is 13.1. The molecular weight excluding hydrogens is 296 g/mol. The predicted molar refractivity (Wildman–Crippen MR) is 74.6 cm³/mol. The number of rotatable bonds is 5. The summed E-state index contributed by atoms with van der Waals surface area (Å²) in [4.78, 5) is 11.8. The van der Waals surface area contributed by atoms with Crippen molar-refractivity contribution in [2.45, 2.75) is 25.3 Å². The summed E-state index contributed by atoms with van der Waals surface area (Å²) in [7, 11) is 1.59. The molecule has 1 unspecified atom stereocenters. The summed E-state index contributed by atoms with van der Waals surface area (Å²) in [5, 5.41) is 2.84. The lowest BCUT2D eigenvalue weighted by Gasteiger charge is -2.11. The van der Waals surface area contributed by atoms with Crippen LogP contribution in [0.25, 0.3) is 0 Å². The van der Waals surface area contributed by atoms with Crippen LogP contribution in [-0.2, 0) is 4.79 Å². The molecule has 0 bridgehead atoms. The van der Waals surface area contributed by atoms with E-state index in [0.29, 0.717) is 23.8 Å². The van der Waals surface area contributed by atoms with Crippen molar-refractivity contribution < 1.29 is 9.53 Å². The first-order chi connectivity index (χ1) is 8.58.